The number of rotatable bonds is 18. The molecule has 0 N–H and O–H groups in total. The predicted octanol–water partition coefficient (Wildman–Crippen LogP) is 8.16. The Kier molecular flexibility index (Phi) is 20.7. The summed E-state index contributed by atoms with van der Waals surface area (Å²) >= 11 is 2.07. The topological polar surface area (TPSA) is 0 Å². The molecule has 0 bridgehead atoms. The van der Waals surface area contributed by atoms with Crippen molar-refractivity contribution >= 4 is 11.8 Å². The molecule has 0 aliphatic heterocycles. The van der Waals surface area contributed by atoms with E-state index in [1.807, 2.05) is 0 Å². The molecule has 0 saturated carbocycles. The summed E-state index contributed by atoms with van der Waals surface area (Å²) in [7, 11) is 0. The van der Waals surface area contributed by atoms with Gasteiger partial charge in [-0.2, -0.15) is 11.8 Å². The molecule has 0 saturated heterocycles. The van der Waals surface area contributed by atoms with E-state index in [0.717, 1.165) is 0 Å². The summed E-state index contributed by atoms with van der Waals surface area (Å²) in [5.74, 6) is 3.82. The van der Waals surface area contributed by atoms with Crippen molar-refractivity contribution in [1.29, 1.82) is 0 Å². The summed E-state index contributed by atoms with van der Waals surface area (Å²) in [4.78, 5) is 0. The van der Waals surface area contributed by atoms with Gasteiger partial charge >= 0.3 is 0 Å². The van der Waals surface area contributed by atoms with Crippen LogP contribution in [0.3, 0.4) is 0 Å². The summed E-state index contributed by atoms with van der Waals surface area (Å²) in [6.45, 7) is 4.58. The number of thioether (sulfide) groups is 1. The largest absolute Gasteiger partial charge is 0.157 e. The van der Waals surface area contributed by atoms with E-state index in [1.165, 1.54) is 108 Å². The molecule has 0 aliphatic carbocycles. The second kappa shape index (κ2) is 20.3. The quantitative estimate of drug-likeness (QED) is 0.230. The maximum atomic E-state index is 2.47. The van der Waals surface area contributed by atoms with Gasteiger partial charge in [0.2, 0.25) is 0 Å². The van der Waals surface area contributed by atoms with Crippen LogP contribution >= 0.6 is 11.8 Å². The van der Waals surface area contributed by atoms with Crippen LogP contribution in [0.4, 0.5) is 0 Å². The second-order valence-corrected chi connectivity index (χ2v) is 7.50. The van der Waals surface area contributed by atoms with E-state index >= 15 is 0 Å². The first-order valence-electron chi connectivity index (χ1n) is 9.85. The SMILES string of the molecule is CCCCCCCCCCC[CH]SCCCCCCCC. The van der Waals surface area contributed by atoms with Gasteiger partial charge in [0.1, 0.15) is 0 Å². The maximum Gasteiger partial charge on any atom is 0.0166 e. The average molecular weight is 314 g/mol. The van der Waals surface area contributed by atoms with Gasteiger partial charge in [-0.25, -0.2) is 0 Å². The van der Waals surface area contributed by atoms with Crippen LogP contribution in [0.2, 0.25) is 0 Å². The third-order valence-corrected chi connectivity index (χ3v) is 5.15. The molecule has 127 valence electrons. The van der Waals surface area contributed by atoms with Gasteiger partial charge in [-0.05, 0) is 18.6 Å². The molecular weight excluding hydrogens is 272 g/mol. The minimum Gasteiger partial charge on any atom is -0.157 e. The fourth-order valence-corrected chi connectivity index (χ4v) is 3.54. The Morgan fingerprint density at radius 2 is 0.952 bits per heavy atom. The van der Waals surface area contributed by atoms with Gasteiger partial charge in [0.05, 0.1) is 0 Å². The molecule has 0 nitrogen and oxygen atoms in total. The Morgan fingerprint density at radius 1 is 0.524 bits per heavy atom. The number of unbranched alkanes of at least 4 members (excludes halogenated alkanes) is 14. The molecule has 0 fully saturated rings. The molecule has 0 aromatic rings. The summed E-state index contributed by atoms with van der Waals surface area (Å²) in [6, 6.07) is 0. The molecule has 0 spiro atoms. The van der Waals surface area contributed by atoms with E-state index in [4.69, 9.17) is 0 Å². The minimum absolute atomic E-state index is 1.33. The first-order valence-corrected chi connectivity index (χ1v) is 10.9. The molecule has 1 radical (unpaired) electrons. The Bertz CT molecular complexity index is 149. The van der Waals surface area contributed by atoms with Crippen LogP contribution in [0.1, 0.15) is 117 Å². The van der Waals surface area contributed by atoms with Crippen LogP contribution in [0.25, 0.3) is 0 Å². The molecule has 1 heteroatoms. The van der Waals surface area contributed by atoms with Gasteiger partial charge < -0.3 is 0 Å². The van der Waals surface area contributed by atoms with Crippen molar-refractivity contribution in [3.63, 3.8) is 0 Å². The smallest absolute Gasteiger partial charge is 0.0166 e. The molecule has 0 heterocycles. The van der Waals surface area contributed by atoms with E-state index in [-0.39, 0.29) is 0 Å². The average Bonchev–Trinajstić information content (AvgIpc) is 2.50. The van der Waals surface area contributed by atoms with Gasteiger partial charge in [0.25, 0.3) is 0 Å². The van der Waals surface area contributed by atoms with Gasteiger partial charge in [0, 0.05) is 5.75 Å². The number of hydrogen-bond acceptors (Lipinski definition) is 1. The molecule has 0 atom stereocenters. The second-order valence-electron chi connectivity index (χ2n) is 6.42. The summed E-state index contributed by atoms with van der Waals surface area (Å²) in [6.07, 6.45) is 22.9. The van der Waals surface area contributed by atoms with E-state index in [1.54, 1.807) is 0 Å². The fourth-order valence-electron chi connectivity index (χ4n) is 2.67. The summed E-state index contributed by atoms with van der Waals surface area (Å²) in [5, 5.41) is 0. The third-order valence-electron chi connectivity index (χ3n) is 4.16. The van der Waals surface area contributed by atoms with Gasteiger partial charge in [-0.3, -0.25) is 0 Å². The van der Waals surface area contributed by atoms with E-state index < -0.39 is 0 Å². The zero-order valence-corrected chi connectivity index (χ0v) is 15.8. The molecule has 0 aromatic carbocycles. The summed E-state index contributed by atoms with van der Waals surface area (Å²) < 4.78 is 0. The van der Waals surface area contributed by atoms with E-state index in [9.17, 15) is 0 Å². The molecule has 0 amide bonds. The third kappa shape index (κ3) is 20.4. The van der Waals surface area contributed by atoms with Crippen LogP contribution in [0.15, 0.2) is 0 Å². The highest BCUT2D eigenvalue weighted by molar-refractivity contribution is 8.01. The zero-order valence-electron chi connectivity index (χ0n) is 15.0. The van der Waals surface area contributed by atoms with Gasteiger partial charge in [0.15, 0.2) is 0 Å². The van der Waals surface area contributed by atoms with Crippen molar-refractivity contribution in [2.24, 2.45) is 0 Å². The van der Waals surface area contributed by atoms with Crippen molar-refractivity contribution in [3.8, 4) is 0 Å². The lowest BCUT2D eigenvalue weighted by molar-refractivity contribution is 0.565. The van der Waals surface area contributed by atoms with Crippen LogP contribution in [0.5, 0.6) is 0 Å². The monoisotopic (exact) mass is 313 g/mol. The molecule has 0 unspecified atom stereocenters. The van der Waals surface area contributed by atoms with Crippen LogP contribution in [-0.4, -0.2) is 5.75 Å². The molecule has 0 rings (SSSR count). The van der Waals surface area contributed by atoms with Crippen LogP contribution < -0.4 is 0 Å². The molecule has 0 aromatic heterocycles. The molecule has 0 aliphatic rings. The van der Waals surface area contributed by atoms with Crippen molar-refractivity contribution in [2.75, 3.05) is 5.75 Å². The van der Waals surface area contributed by atoms with Crippen molar-refractivity contribution in [1.82, 2.24) is 0 Å². The van der Waals surface area contributed by atoms with Crippen LogP contribution in [0, 0.1) is 5.75 Å². The lowest BCUT2D eigenvalue weighted by atomic mass is 10.1. The van der Waals surface area contributed by atoms with E-state index in [2.05, 4.69) is 31.4 Å². The lowest BCUT2D eigenvalue weighted by Crippen LogP contribution is -1.84. The highest BCUT2D eigenvalue weighted by Crippen LogP contribution is 2.17. The minimum atomic E-state index is 1.33. The van der Waals surface area contributed by atoms with E-state index in [0.29, 0.717) is 0 Å². The van der Waals surface area contributed by atoms with Crippen molar-refractivity contribution < 1.29 is 0 Å². The maximum absolute atomic E-state index is 2.47. The van der Waals surface area contributed by atoms with Gasteiger partial charge in [-0.1, -0.05) is 104 Å². The Labute approximate surface area is 140 Å². The fraction of sp³-hybridized carbons (Fsp3) is 0.950. The first-order chi connectivity index (χ1) is 10.4. The van der Waals surface area contributed by atoms with Crippen molar-refractivity contribution in [2.45, 2.75) is 117 Å². The molecule has 21 heavy (non-hydrogen) atoms. The molecular formula is C20H41S. The standard InChI is InChI=1S/C20H41S/c1-3-5-7-9-11-12-13-14-16-18-20-21-19-17-15-10-8-6-4-2/h20H,3-19H2,1-2H3. The van der Waals surface area contributed by atoms with Gasteiger partial charge in [-0.15, -0.1) is 0 Å². The highest BCUT2D eigenvalue weighted by Gasteiger charge is 1.94. The lowest BCUT2D eigenvalue weighted by Gasteiger charge is -2.03. The normalized spacial score (nSPS) is 11.1. The zero-order chi connectivity index (χ0) is 15.4. The highest BCUT2D eigenvalue weighted by atomic mass is 32.2. The summed E-state index contributed by atoms with van der Waals surface area (Å²) in [5.41, 5.74) is 0. The Hall–Kier alpha value is 0.350. The Morgan fingerprint density at radius 3 is 1.48 bits per heavy atom. The van der Waals surface area contributed by atoms with Crippen LogP contribution in [-0.2, 0) is 0 Å². The predicted molar refractivity (Wildman–Crippen MR) is 102 cm³/mol. The van der Waals surface area contributed by atoms with Crippen molar-refractivity contribution in [3.05, 3.63) is 5.75 Å². The first kappa shape index (κ1) is 21.4. The Balaban J connectivity index is 2.90. The number of hydrogen-bond donors (Lipinski definition) is 0.